The molecule has 3 nitrogen and oxygen atoms in total. The number of hydrogen-bond donors (Lipinski definition) is 1. The summed E-state index contributed by atoms with van der Waals surface area (Å²) in [6.45, 7) is 6.63. The number of rotatable bonds is 2. The molecule has 4 heteroatoms. The van der Waals surface area contributed by atoms with Gasteiger partial charge >= 0.3 is 0 Å². The second-order valence-electron chi connectivity index (χ2n) is 4.66. The summed E-state index contributed by atoms with van der Waals surface area (Å²) in [5.41, 5.74) is 0. The highest BCUT2D eigenvalue weighted by atomic mass is 32.1. The van der Waals surface area contributed by atoms with Crippen molar-refractivity contribution >= 4 is 16.7 Å². The molecule has 0 bridgehead atoms. The summed E-state index contributed by atoms with van der Waals surface area (Å²) >= 11 is 1.47. The van der Waals surface area contributed by atoms with Crippen LogP contribution < -0.4 is 5.32 Å². The van der Waals surface area contributed by atoms with Gasteiger partial charge in [-0.15, -0.1) is 0 Å². The van der Waals surface area contributed by atoms with Gasteiger partial charge in [0.1, 0.15) is 5.82 Å². The van der Waals surface area contributed by atoms with E-state index >= 15 is 0 Å². The van der Waals surface area contributed by atoms with Gasteiger partial charge in [-0.1, -0.05) is 26.7 Å². The molecule has 0 amide bonds. The minimum atomic E-state index is 0.584. The first kappa shape index (κ1) is 10.9. The van der Waals surface area contributed by atoms with E-state index in [0.717, 1.165) is 22.8 Å². The third-order valence-corrected chi connectivity index (χ3v) is 4.28. The van der Waals surface area contributed by atoms with E-state index in [1.165, 1.54) is 30.8 Å². The molecule has 0 saturated heterocycles. The Balaban J connectivity index is 1.99. The molecule has 1 aliphatic rings. The minimum Gasteiger partial charge on any atom is -0.357 e. The highest BCUT2D eigenvalue weighted by Gasteiger charge is 2.27. The number of anilines is 1. The summed E-state index contributed by atoms with van der Waals surface area (Å²) in [6, 6.07) is 0.584. The van der Waals surface area contributed by atoms with Crippen LogP contribution in [-0.2, 0) is 0 Å². The van der Waals surface area contributed by atoms with Crippen LogP contribution in [0.5, 0.6) is 0 Å². The fourth-order valence-corrected chi connectivity index (χ4v) is 2.94. The molecule has 3 unspecified atom stereocenters. The van der Waals surface area contributed by atoms with E-state index in [2.05, 4.69) is 28.5 Å². The molecule has 1 heterocycles. The number of nitrogens with one attached hydrogen (secondary N) is 1. The molecular formula is C11H19N3S. The molecular weight excluding hydrogens is 206 g/mol. The second-order valence-corrected chi connectivity index (χ2v) is 5.42. The summed E-state index contributed by atoms with van der Waals surface area (Å²) in [4.78, 5) is 4.36. The summed E-state index contributed by atoms with van der Waals surface area (Å²) < 4.78 is 4.19. The smallest absolute Gasteiger partial charge is 0.202 e. The van der Waals surface area contributed by atoms with E-state index in [0.29, 0.717) is 6.04 Å². The second kappa shape index (κ2) is 4.47. The predicted molar refractivity (Wildman–Crippen MR) is 64.2 cm³/mol. The molecule has 1 aromatic rings. The molecule has 15 heavy (non-hydrogen) atoms. The molecule has 3 atom stereocenters. The number of hydrogen-bond acceptors (Lipinski definition) is 4. The molecule has 1 N–H and O–H groups in total. The average molecular weight is 225 g/mol. The van der Waals surface area contributed by atoms with E-state index in [1.54, 1.807) is 0 Å². The van der Waals surface area contributed by atoms with Crippen molar-refractivity contribution in [2.45, 2.75) is 46.1 Å². The fraction of sp³-hybridized carbons (Fsp3) is 0.818. The Labute approximate surface area is 95.5 Å². The van der Waals surface area contributed by atoms with Crippen molar-refractivity contribution in [3.8, 4) is 0 Å². The van der Waals surface area contributed by atoms with Gasteiger partial charge in [-0.2, -0.15) is 4.37 Å². The Morgan fingerprint density at radius 1 is 1.33 bits per heavy atom. The summed E-state index contributed by atoms with van der Waals surface area (Å²) in [5, 5.41) is 4.51. The molecule has 1 saturated carbocycles. The van der Waals surface area contributed by atoms with Crippen molar-refractivity contribution in [2.24, 2.45) is 11.8 Å². The van der Waals surface area contributed by atoms with E-state index in [-0.39, 0.29) is 0 Å². The Bertz CT molecular complexity index is 323. The zero-order valence-corrected chi connectivity index (χ0v) is 10.5. The van der Waals surface area contributed by atoms with Gasteiger partial charge in [0.05, 0.1) is 0 Å². The van der Waals surface area contributed by atoms with Gasteiger partial charge < -0.3 is 5.32 Å². The Kier molecular flexibility index (Phi) is 3.24. The third-order valence-electron chi connectivity index (χ3n) is 3.54. The maximum Gasteiger partial charge on any atom is 0.202 e. The minimum absolute atomic E-state index is 0.584. The predicted octanol–water partition coefficient (Wildman–Crippen LogP) is 3.08. The van der Waals surface area contributed by atoms with Gasteiger partial charge in [-0.3, -0.25) is 0 Å². The maximum absolute atomic E-state index is 4.36. The molecule has 1 aromatic heterocycles. The Hall–Kier alpha value is -0.640. The lowest BCUT2D eigenvalue weighted by molar-refractivity contribution is 0.253. The number of aromatic nitrogens is 2. The molecule has 0 radical (unpaired) electrons. The number of nitrogens with zero attached hydrogens (tertiary/aromatic N) is 2. The van der Waals surface area contributed by atoms with Gasteiger partial charge in [-0.25, -0.2) is 4.98 Å². The van der Waals surface area contributed by atoms with Gasteiger partial charge in [0, 0.05) is 17.6 Å². The molecule has 84 valence electrons. The van der Waals surface area contributed by atoms with E-state index in [9.17, 15) is 0 Å². The lowest BCUT2D eigenvalue weighted by Gasteiger charge is -2.34. The van der Waals surface area contributed by atoms with Crippen LogP contribution in [0, 0.1) is 18.8 Å². The normalized spacial score (nSPS) is 31.5. The quantitative estimate of drug-likeness (QED) is 0.840. The highest BCUT2D eigenvalue weighted by molar-refractivity contribution is 7.09. The van der Waals surface area contributed by atoms with Gasteiger partial charge in [-0.05, 0) is 25.2 Å². The molecule has 1 aliphatic carbocycles. The molecule has 1 fully saturated rings. The van der Waals surface area contributed by atoms with Gasteiger partial charge in [0.15, 0.2) is 0 Å². The molecule has 0 aliphatic heterocycles. The Morgan fingerprint density at radius 2 is 2.13 bits per heavy atom. The standard InChI is InChI=1S/C11H19N3S/c1-7-5-4-6-10(8(7)2)13-11-12-9(3)14-15-11/h7-8,10H,4-6H2,1-3H3,(H,12,13,14). The first-order valence-electron chi connectivity index (χ1n) is 5.73. The van der Waals surface area contributed by atoms with E-state index in [4.69, 9.17) is 0 Å². The van der Waals surface area contributed by atoms with Crippen LogP contribution in [-0.4, -0.2) is 15.4 Å². The average Bonchev–Trinajstić information content (AvgIpc) is 2.59. The molecule has 2 rings (SSSR count). The van der Waals surface area contributed by atoms with Crippen LogP contribution >= 0.6 is 11.5 Å². The SMILES string of the molecule is Cc1nsc(NC2CCCC(C)C2C)n1. The lowest BCUT2D eigenvalue weighted by atomic mass is 9.78. The van der Waals surface area contributed by atoms with Crippen LogP contribution in [0.15, 0.2) is 0 Å². The third kappa shape index (κ3) is 2.48. The lowest BCUT2D eigenvalue weighted by Crippen LogP contribution is -2.34. The first-order chi connectivity index (χ1) is 7.16. The zero-order valence-electron chi connectivity index (χ0n) is 9.66. The summed E-state index contributed by atoms with van der Waals surface area (Å²) in [5.74, 6) is 2.44. The van der Waals surface area contributed by atoms with Crippen LogP contribution in [0.25, 0.3) is 0 Å². The Morgan fingerprint density at radius 3 is 2.80 bits per heavy atom. The van der Waals surface area contributed by atoms with Crippen LogP contribution in [0.3, 0.4) is 0 Å². The maximum atomic E-state index is 4.36. The first-order valence-corrected chi connectivity index (χ1v) is 6.51. The van der Waals surface area contributed by atoms with Crippen molar-refractivity contribution in [1.82, 2.24) is 9.36 Å². The monoisotopic (exact) mass is 225 g/mol. The highest BCUT2D eigenvalue weighted by Crippen LogP contribution is 2.31. The zero-order chi connectivity index (χ0) is 10.8. The van der Waals surface area contributed by atoms with Crippen molar-refractivity contribution in [2.75, 3.05) is 5.32 Å². The summed E-state index contributed by atoms with van der Waals surface area (Å²) in [6.07, 6.45) is 3.97. The van der Waals surface area contributed by atoms with Crippen LogP contribution in [0.4, 0.5) is 5.13 Å². The fourth-order valence-electron chi connectivity index (χ4n) is 2.30. The van der Waals surface area contributed by atoms with Crippen molar-refractivity contribution in [3.05, 3.63) is 5.82 Å². The topological polar surface area (TPSA) is 37.8 Å². The molecule has 0 aromatic carbocycles. The van der Waals surface area contributed by atoms with Crippen molar-refractivity contribution in [1.29, 1.82) is 0 Å². The van der Waals surface area contributed by atoms with Gasteiger partial charge in [0.2, 0.25) is 5.13 Å². The summed E-state index contributed by atoms with van der Waals surface area (Å²) in [7, 11) is 0. The molecule has 0 spiro atoms. The van der Waals surface area contributed by atoms with E-state index < -0.39 is 0 Å². The number of aryl methyl sites for hydroxylation is 1. The van der Waals surface area contributed by atoms with Crippen LogP contribution in [0.1, 0.15) is 38.9 Å². The van der Waals surface area contributed by atoms with Crippen LogP contribution in [0.2, 0.25) is 0 Å². The van der Waals surface area contributed by atoms with Gasteiger partial charge in [0.25, 0.3) is 0 Å². The largest absolute Gasteiger partial charge is 0.357 e. The van der Waals surface area contributed by atoms with E-state index in [1.807, 2.05) is 6.92 Å². The van der Waals surface area contributed by atoms with Crippen molar-refractivity contribution in [3.63, 3.8) is 0 Å². The van der Waals surface area contributed by atoms with Crippen molar-refractivity contribution < 1.29 is 0 Å².